The molecule has 0 aromatic rings. The molecule has 0 aromatic heterocycles. The molecule has 0 radical (unpaired) electrons. The van der Waals surface area contributed by atoms with Crippen LogP contribution in [0.4, 0.5) is 0 Å². The second kappa shape index (κ2) is 6.95. The van der Waals surface area contributed by atoms with Crippen molar-refractivity contribution in [2.24, 2.45) is 0 Å². The van der Waals surface area contributed by atoms with E-state index in [0.29, 0.717) is 6.54 Å². The van der Waals surface area contributed by atoms with E-state index in [2.05, 4.69) is 16.0 Å². The van der Waals surface area contributed by atoms with Gasteiger partial charge in [-0.2, -0.15) is 0 Å². The molecule has 102 valence electrons. The van der Waals surface area contributed by atoms with Crippen molar-refractivity contribution in [2.45, 2.75) is 19.4 Å². The van der Waals surface area contributed by atoms with Gasteiger partial charge in [0, 0.05) is 20.1 Å². The molecule has 0 spiro atoms. The zero-order valence-electron chi connectivity index (χ0n) is 10.8. The average molecular weight is 256 g/mol. The number of hydrogen-bond donors (Lipinski definition) is 3. The van der Waals surface area contributed by atoms with E-state index in [1.54, 1.807) is 0 Å². The number of piperazine rings is 1. The lowest BCUT2D eigenvalue weighted by atomic mass is 10.2. The number of hydrogen-bond acceptors (Lipinski definition) is 4. The highest BCUT2D eigenvalue weighted by Crippen LogP contribution is 1.99. The molecule has 3 N–H and O–H groups in total. The van der Waals surface area contributed by atoms with Crippen molar-refractivity contribution < 1.29 is 14.4 Å². The number of nitrogens with one attached hydrogen (secondary N) is 3. The second-order valence-corrected chi connectivity index (χ2v) is 4.17. The molecule has 1 saturated heterocycles. The largest absolute Gasteiger partial charge is 0.358 e. The summed E-state index contributed by atoms with van der Waals surface area (Å²) in [6.45, 7) is 2.93. The summed E-state index contributed by atoms with van der Waals surface area (Å²) in [6.07, 6.45) is 0.780. The van der Waals surface area contributed by atoms with Crippen LogP contribution in [0.1, 0.15) is 13.3 Å². The summed E-state index contributed by atoms with van der Waals surface area (Å²) in [5.41, 5.74) is 0. The first-order chi connectivity index (χ1) is 8.58. The highest BCUT2D eigenvalue weighted by atomic mass is 16.2. The molecule has 1 heterocycles. The van der Waals surface area contributed by atoms with E-state index < -0.39 is 6.04 Å². The Hall–Kier alpha value is -1.63. The van der Waals surface area contributed by atoms with Gasteiger partial charge in [0.25, 0.3) is 0 Å². The first-order valence-electron chi connectivity index (χ1n) is 6.08. The lowest BCUT2D eigenvalue weighted by Crippen LogP contribution is -2.59. The predicted octanol–water partition coefficient (Wildman–Crippen LogP) is -1.94. The van der Waals surface area contributed by atoms with E-state index in [-0.39, 0.29) is 37.4 Å². The maximum atomic E-state index is 12.2. The number of carbonyl (C=O) groups excluding carboxylic acids is 3. The van der Waals surface area contributed by atoms with Gasteiger partial charge < -0.3 is 15.5 Å². The molecule has 1 aliphatic heterocycles. The van der Waals surface area contributed by atoms with E-state index in [9.17, 15) is 14.4 Å². The number of carbonyl (C=O) groups is 3. The molecule has 7 nitrogen and oxygen atoms in total. The maximum absolute atomic E-state index is 12.2. The van der Waals surface area contributed by atoms with Crippen molar-refractivity contribution in [3.05, 3.63) is 0 Å². The predicted molar refractivity (Wildman–Crippen MR) is 65.7 cm³/mol. The van der Waals surface area contributed by atoms with E-state index in [1.807, 2.05) is 6.92 Å². The molecule has 0 aromatic carbocycles. The van der Waals surface area contributed by atoms with Crippen molar-refractivity contribution in [3.8, 4) is 0 Å². The second-order valence-electron chi connectivity index (χ2n) is 4.17. The van der Waals surface area contributed by atoms with Gasteiger partial charge >= 0.3 is 0 Å². The van der Waals surface area contributed by atoms with Crippen LogP contribution in [0.25, 0.3) is 0 Å². The summed E-state index contributed by atoms with van der Waals surface area (Å²) in [7, 11) is 1.54. The van der Waals surface area contributed by atoms with Crippen LogP contribution in [0.3, 0.4) is 0 Å². The van der Waals surface area contributed by atoms with Crippen molar-refractivity contribution in [3.63, 3.8) is 0 Å². The van der Waals surface area contributed by atoms with Crippen molar-refractivity contribution in [2.75, 3.05) is 33.2 Å². The molecule has 3 amide bonds. The van der Waals surface area contributed by atoms with Crippen LogP contribution < -0.4 is 16.0 Å². The van der Waals surface area contributed by atoms with Gasteiger partial charge in [0.2, 0.25) is 17.7 Å². The Kier molecular flexibility index (Phi) is 5.57. The highest BCUT2D eigenvalue weighted by molar-refractivity contribution is 5.89. The summed E-state index contributed by atoms with van der Waals surface area (Å²) in [4.78, 5) is 36.0. The molecule has 0 saturated carbocycles. The number of amides is 3. The van der Waals surface area contributed by atoms with Gasteiger partial charge in [-0.3, -0.25) is 19.7 Å². The Balaban J connectivity index is 2.58. The van der Waals surface area contributed by atoms with E-state index in [0.717, 1.165) is 6.42 Å². The zero-order valence-corrected chi connectivity index (χ0v) is 10.8. The van der Waals surface area contributed by atoms with Crippen LogP contribution in [0, 0.1) is 0 Å². The molecule has 7 heteroatoms. The molecule has 1 unspecified atom stereocenters. The Morgan fingerprint density at radius 3 is 2.72 bits per heavy atom. The van der Waals surface area contributed by atoms with Crippen LogP contribution in [0.2, 0.25) is 0 Å². The van der Waals surface area contributed by atoms with Crippen LogP contribution in [0.15, 0.2) is 0 Å². The Bertz CT molecular complexity index is 322. The molecule has 18 heavy (non-hydrogen) atoms. The van der Waals surface area contributed by atoms with E-state index >= 15 is 0 Å². The molecule has 0 aliphatic carbocycles. The minimum atomic E-state index is -0.445. The fourth-order valence-corrected chi connectivity index (χ4v) is 1.75. The van der Waals surface area contributed by atoms with Gasteiger partial charge in [0.15, 0.2) is 0 Å². The van der Waals surface area contributed by atoms with Gasteiger partial charge in [-0.05, 0) is 6.42 Å². The summed E-state index contributed by atoms with van der Waals surface area (Å²) >= 11 is 0. The van der Waals surface area contributed by atoms with Gasteiger partial charge in [-0.25, -0.2) is 0 Å². The smallest absolute Gasteiger partial charge is 0.242 e. The number of nitrogens with zero attached hydrogens (tertiary/aromatic N) is 1. The third kappa shape index (κ3) is 3.99. The zero-order chi connectivity index (χ0) is 13.5. The van der Waals surface area contributed by atoms with E-state index in [1.165, 1.54) is 11.9 Å². The van der Waals surface area contributed by atoms with E-state index in [4.69, 9.17) is 0 Å². The fraction of sp³-hybridized carbons (Fsp3) is 0.727. The van der Waals surface area contributed by atoms with Crippen LogP contribution in [0.5, 0.6) is 0 Å². The number of likely N-dealkylation sites (N-methyl/N-ethyl adjacent to an activating group) is 1. The minimum Gasteiger partial charge on any atom is -0.358 e. The van der Waals surface area contributed by atoms with Crippen LogP contribution >= 0.6 is 0 Å². The Morgan fingerprint density at radius 2 is 2.22 bits per heavy atom. The standard InChI is InChI=1S/C11H20N4O3/c1-3-4-15(7-10(17)12-2)11(18)8-5-14-9(16)6-13-8/h8,13H,3-7H2,1-2H3,(H,12,17)(H,14,16). The third-order valence-corrected chi connectivity index (χ3v) is 2.73. The average Bonchev–Trinajstić information content (AvgIpc) is 2.38. The van der Waals surface area contributed by atoms with Gasteiger partial charge in [-0.15, -0.1) is 0 Å². The monoisotopic (exact) mass is 256 g/mol. The topological polar surface area (TPSA) is 90.5 Å². The number of rotatable bonds is 5. The lowest BCUT2D eigenvalue weighted by Gasteiger charge is -2.29. The van der Waals surface area contributed by atoms with Crippen LogP contribution in [-0.4, -0.2) is 61.9 Å². The molecule has 1 atom stereocenters. The Morgan fingerprint density at radius 1 is 1.50 bits per heavy atom. The molecule has 1 aliphatic rings. The summed E-state index contributed by atoms with van der Waals surface area (Å²) < 4.78 is 0. The summed E-state index contributed by atoms with van der Waals surface area (Å²) in [5.74, 6) is -0.468. The van der Waals surface area contributed by atoms with Gasteiger partial charge in [0.05, 0.1) is 13.1 Å². The fourth-order valence-electron chi connectivity index (χ4n) is 1.75. The first-order valence-corrected chi connectivity index (χ1v) is 6.08. The van der Waals surface area contributed by atoms with Crippen molar-refractivity contribution >= 4 is 17.7 Å². The van der Waals surface area contributed by atoms with Crippen LogP contribution in [-0.2, 0) is 14.4 Å². The third-order valence-electron chi connectivity index (χ3n) is 2.73. The highest BCUT2D eigenvalue weighted by Gasteiger charge is 2.28. The maximum Gasteiger partial charge on any atom is 0.242 e. The van der Waals surface area contributed by atoms with Gasteiger partial charge in [0.1, 0.15) is 6.04 Å². The lowest BCUT2D eigenvalue weighted by molar-refractivity contribution is -0.138. The molecular weight excluding hydrogens is 236 g/mol. The first kappa shape index (κ1) is 14.4. The van der Waals surface area contributed by atoms with Gasteiger partial charge in [-0.1, -0.05) is 6.92 Å². The normalized spacial score (nSPS) is 19.0. The summed E-state index contributed by atoms with van der Waals surface area (Å²) in [6, 6.07) is -0.445. The van der Waals surface area contributed by atoms with Crippen molar-refractivity contribution in [1.29, 1.82) is 0 Å². The van der Waals surface area contributed by atoms with Crippen molar-refractivity contribution in [1.82, 2.24) is 20.9 Å². The molecule has 1 fully saturated rings. The summed E-state index contributed by atoms with van der Waals surface area (Å²) in [5, 5.41) is 7.99. The minimum absolute atomic E-state index is 0.0509. The SMILES string of the molecule is CCCN(CC(=O)NC)C(=O)C1CNC(=O)CN1. The molecule has 1 rings (SSSR count). The quantitative estimate of drug-likeness (QED) is 0.534. The molecular formula is C11H20N4O3. The Labute approximate surface area is 106 Å². The molecule has 0 bridgehead atoms.